The van der Waals surface area contributed by atoms with Gasteiger partial charge in [0.15, 0.2) is 0 Å². The van der Waals surface area contributed by atoms with Crippen LogP contribution in [0.2, 0.25) is 5.02 Å². The van der Waals surface area contributed by atoms with Gasteiger partial charge in [-0.15, -0.1) is 0 Å². The van der Waals surface area contributed by atoms with Gasteiger partial charge in [0.05, 0.1) is 24.3 Å². The highest BCUT2D eigenvalue weighted by molar-refractivity contribution is 6.32. The van der Waals surface area contributed by atoms with Crippen LogP contribution in [0.15, 0.2) is 24.3 Å². The maximum Gasteiger partial charge on any atom is 0.137 e. The monoisotopic (exact) mass is 198 g/mol. The largest absolute Gasteiger partial charge is 0.492 e. The second-order valence-corrected chi connectivity index (χ2v) is 3.43. The van der Waals surface area contributed by atoms with E-state index in [1.54, 1.807) is 0 Å². The summed E-state index contributed by atoms with van der Waals surface area (Å²) in [6.45, 7) is 1.56. The van der Waals surface area contributed by atoms with E-state index in [0.717, 1.165) is 18.8 Å². The Morgan fingerprint density at radius 3 is 2.92 bits per heavy atom. The molecule has 13 heavy (non-hydrogen) atoms. The number of para-hydroxylation sites is 1. The zero-order valence-corrected chi connectivity index (χ0v) is 7.96. The lowest BCUT2D eigenvalue weighted by atomic mass is 10.3. The van der Waals surface area contributed by atoms with Crippen molar-refractivity contribution >= 4 is 11.6 Å². The zero-order valence-electron chi connectivity index (χ0n) is 7.20. The Bertz CT molecular complexity index is 284. The molecule has 2 nitrogen and oxygen atoms in total. The predicted octanol–water partition coefficient (Wildman–Crippen LogP) is 2.51. The molecule has 1 atom stereocenters. The number of halogens is 1. The number of rotatable bonds is 4. The molecular weight excluding hydrogens is 188 g/mol. The second kappa shape index (κ2) is 3.99. The van der Waals surface area contributed by atoms with E-state index >= 15 is 0 Å². The summed E-state index contributed by atoms with van der Waals surface area (Å²) >= 11 is 5.90. The lowest BCUT2D eigenvalue weighted by molar-refractivity contribution is 0.283. The number of hydrogen-bond acceptors (Lipinski definition) is 2. The van der Waals surface area contributed by atoms with E-state index in [0.29, 0.717) is 17.7 Å². The molecular formula is C10H11ClO2. The van der Waals surface area contributed by atoms with Crippen LogP contribution < -0.4 is 4.74 Å². The zero-order chi connectivity index (χ0) is 9.10. The SMILES string of the molecule is Clc1ccccc1OCCC1CO1. The highest BCUT2D eigenvalue weighted by Crippen LogP contribution is 2.23. The molecule has 0 aliphatic carbocycles. The van der Waals surface area contributed by atoms with Gasteiger partial charge in [-0.05, 0) is 12.1 Å². The van der Waals surface area contributed by atoms with Crippen molar-refractivity contribution in [2.75, 3.05) is 13.2 Å². The summed E-state index contributed by atoms with van der Waals surface area (Å²) in [5, 5.41) is 0.666. The number of ether oxygens (including phenoxy) is 2. The fourth-order valence-corrected chi connectivity index (χ4v) is 1.29. The molecule has 1 fully saturated rings. The van der Waals surface area contributed by atoms with E-state index in [1.165, 1.54) is 0 Å². The van der Waals surface area contributed by atoms with Crippen LogP contribution in [0.25, 0.3) is 0 Å². The molecule has 0 saturated carbocycles. The van der Waals surface area contributed by atoms with Crippen LogP contribution >= 0.6 is 11.6 Å². The average Bonchev–Trinajstić information content (AvgIpc) is 2.92. The molecule has 1 aromatic rings. The highest BCUT2D eigenvalue weighted by Gasteiger charge is 2.21. The van der Waals surface area contributed by atoms with Crippen molar-refractivity contribution in [3.63, 3.8) is 0 Å². The Balaban J connectivity index is 1.82. The van der Waals surface area contributed by atoms with Crippen molar-refractivity contribution in [3.05, 3.63) is 29.3 Å². The lowest BCUT2D eigenvalue weighted by Gasteiger charge is -2.05. The predicted molar refractivity (Wildman–Crippen MR) is 51.3 cm³/mol. The van der Waals surface area contributed by atoms with Crippen molar-refractivity contribution in [2.45, 2.75) is 12.5 Å². The second-order valence-electron chi connectivity index (χ2n) is 3.02. The lowest BCUT2D eigenvalue weighted by Crippen LogP contribution is -2.01. The van der Waals surface area contributed by atoms with Gasteiger partial charge in [0.25, 0.3) is 0 Å². The Kier molecular flexibility index (Phi) is 2.71. The minimum atomic E-state index is 0.419. The molecule has 0 spiro atoms. The molecule has 0 radical (unpaired) electrons. The van der Waals surface area contributed by atoms with Crippen molar-refractivity contribution in [1.29, 1.82) is 0 Å². The van der Waals surface area contributed by atoms with Gasteiger partial charge in [-0.2, -0.15) is 0 Å². The van der Waals surface area contributed by atoms with Crippen molar-refractivity contribution in [2.24, 2.45) is 0 Å². The molecule has 3 heteroatoms. The fraction of sp³-hybridized carbons (Fsp3) is 0.400. The van der Waals surface area contributed by atoms with Crippen molar-refractivity contribution in [3.8, 4) is 5.75 Å². The molecule has 0 N–H and O–H groups in total. The number of benzene rings is 1. The molecule has 0 bridgehead atoms. The molecule has 0 amide bonds. The van der Waals surface area contributed by atoms with Crippen LogP contribution in [0.1, 0.15) is 6.42 Å². The molecule has 1 aliphatic rings. The highest BCUT2D eigenvalue weighted by atomic mass is 35.5. The Morgan fingerprint density at radius 1 is 1.46 bits per heavy atom. The van der Waals surface area contributed by atoms with Crippen LogP contribution in [0.3, 0.4) is 0 Å². The van der Waals surface area contributed by atoms with Crippen LogP contribution in [0.5, 0.6) is 5.75 Å². The van der Waals surface area contributed by atoms with Gasteiger partial charge >= 0.3 is 0 Å². The summed E-state index contributed by atoms with van der Waals surface area (Å²) in [6, 6.07) is 7.49. The first-order valence-electron chi connectivity index (χ1n) is 4.35. The van der Waals surface area contributed by atoms with Crippen molar-refractivity contribution < 1.29 is 9.47 Å². The average molecular weight is 199 g/mol. The summed E-state index contributed by atoms with van der Waals surface area (Å²) in [6.07, 6.45) is 1.37. The van der Waals surface area contributed by atoms with Gasteiger partial charge in [0.1, 0.15) is 5.75 Å². The van der Waals surface area contributed by atoms with E-state index in [9.17, 15) is 0 Å². The third-order valence-electron chi connectivity index (χ3n) is 1.94. The smallest absolute Gasteiger partial charge is 0.137 e. The van der Waals surface area contributed by atoms with Gasteiger partial charge in [-0.1, -0.05) is 23.7 Å². The molecule has 2 rings (SSSR count). The molecule has 1 unspecified atom stereocenters. The third kappa shape index (κ3) is 2.61. The van der Waals surface area contributed by atoms with Gasteiger partial charge in [0, 0.05) is 6.42 Å². The van der Waals surface area contributed by atoms with Crippen LogP contribution in [-0.4, -0.2) is 19.3 Å². The maximum atomic E-state index is 5.90. The number of hydrogen-bond donors (Lipinski definition) is 0. The molecule has 1 heterocycles. The topological polar surface area (TPSA) is 21.8 Å². The summed E-state index contributed by atoms with van der Waals surface area (Å²) in [7, 11) is 0. The van der Waals surface area contributed by atoms with Crippen LogP contribution in [0.4, 0.5) is 0 Å². The van der Waals surface area contributed by atoms with Gasteiger partial charge in [-0.25, -0.2) is 0 Å². The normalized spacial score (nSPS) is 19.9. The molecule has 0 aromatic heterocycles. The first kappa shape index (κ1) is 8.85. The Hall–Kier alpha value is -0.730. The first-order valence-corrected chi connectivity index (χ1v) is 4.73. The quantitative estimate of drug-likeness (QED) is 0.694. The summed E-state index contributed by atoms with van der Waals surface area (Å²) in [4.78, 5) is 0. The summed E-state index contributed by atoms with van der Waals surface area (Å²) in [5.41, 5.74) is 0. The van der Waals surface area contributed by atoms with Gasteiger partial charge in [-0.3, -0.25) is 0 Å². The van der Waals surface area contributed by atoms with E-state index in [-0.39, 0.29) is 0 Å². The molecule has 1 saturated heterocycles. The first-order chi connectivity index (χ1) is 6.36. The van der Waals surface area contributed by atoms with E-state index in [4.69, 9.17) is 21.1 Å². The van der Waals surface area contributed by atoms with E-state index in [2.05, 4.69) is 0 Å². The van der Waals surface area contributed by atoms with Crippen LogP contribution in [-0.2, 0) is 4.74 Å². The fourth-order valence-electron chi connectivity index (χ4n) is 1.10. The minimum Gasteiger partial charge on any atom is -0.492 e. The standard InChI is InChI=1S/C10H11ClO2/c11-9-3-1-2-4-10(9)12-6-5-8-7-13-8/h1-4,8H,5-7H2. The van der Waals surface area contributed by atoms with Gasteiger partial charge in [0.2, 0.25) is 0 Å². The van der Waals surface area contributed by atoms with Crippen molar-refractivity contribution in [1.82, 2.24) is 0 Å². The van der Waals surface area contributed by atoms with E-state index < -0.39 is 0 Å². The molecule has 1 aliphatic heterocycles. The summed E-state index contributed by atoms with van der Waals surface area (Å²) < 4.78 is 10.5. The number of epoxide rings is 1. The third-order valence-corrected chi connectivity index (χ3v) is 2.25. The van der Waals surface area contributed by atoms with Crippen LogP contribution in [0, 0.1) is 0 Å². The summed E-state index contributed by atoms with van der Waals surface area (Å²) in [5.74, 6) is 0.754. The van der Waals surface area contributed by atoms with Gasteiger partial charge < -0.3 is 9.47 Å². The van der Waals surface area contributed by atoms with E-state index in [1.807, 2.05) is 24.3 Å². The minimum absolute atomic E-state index is 0.419. The maximum absolute atomic E-state index is 5.90. The molecule has 1 aromatic carbocycles. The molecule has 70 valence electrons. The Morgan fingerprint density at radius 2 is 2.23 bits per heavy atom. The Labute approximate surface area is 82.4 Å².